The predicted molar refractivity (Wildman–Crippen MR) is 114 cm³/mol. The summed E-state index contributed by atoms with van der Waals surface area (Å²) in [7, 11) is 0. The third kappa shape index (κ3) is 4.04. The highest BCUT2D eigenvalue weighted by atomic mass is 32.1. The molecular formula is C20H21FN6O4S. The smallest absolute Gasteiger partial charge is 0.325 e. The first kappa shape index (κ1) is 20.8. The standard InChI is InChI=1S/C20H21FN6O4S/c1-10(28)7-22-18(29)25-19-23-14-6-13-8-30-9-15(16(14)32-19)27(13)20-24-17(26-31-20)11-2-4-12(21)5-3-11/h2-5,10,13,15,28H,6-9H2,1H3,(H2,22,23,25,29)/t10-,13?,15?/m1/s1. The van der Waals surface area contributed by atoms with Gasteiger partial charge in [-0.15, -0.1) is 0 Å². The van der Waals surface area contributed by atoms with E-state index >= 15 is 0 Å². The highest BCUT2D eigenvalue weighted by Crippen LogP contribution is 2.43. The highest BCUT2D eigenvalue weighted by molar-refractivity contribution is 7.16. The van der Waals surface area contributed by atoms with Crippen LogP contribution in [0.5, 0.6) is 0 Å². The summed E-state index contributed by atoms with van der Waals surface area (Å²) in [4.78, 5) is 24.2. The summed E-state index contributed by atoms with van der Waals surface area (Å²) in [6, 6.07) is 5.64. The van der Waals surface area contributed by atoms with Crippen LogP contribution in [-0.2, 0) is 11.2 Å². The number of anilines is 2. The monoisotopic (exact) mass is 460 g/mol. The molecule has 2 aromatic heterocycles. The third-order valence-corrected chi connectivity index (χ3v) is 6.41. The molecule has 3 atom stereocenters. The number of carbonyl (C=O) groups is 1. The van der Waals surface area contributed by atoms with E-state index in [1.807, 2.05) is 4.90 Å². The zero-order chi connectivity index (χ0) is 22.2. The number of thiazole rings is 1. The molecule has 1 saturated heterocycles. The lowest BCUT2D eigenvalue weighted by atomic mass is 9.97. The maximum atomic E-state index is 13.2. The maximum absolute atomic E-state index is 13.2. The fraction of sp³-hybridized carbons (Fsp3) is 0.400. The number of carbonyl (C=O) groups excluding carboxylic acids is 1. The van der Waals surface area contributed by atoms with Gasteiger partial charge in [-0.2, -0.15) is 4.98 Å². The average molecular weight is 460 g/mol. The molecule has 12 heteroatoms. The first-order valence-corrected chi connectivity index (χ1v) is 11.0. The van der Waals surface area contributed by atoms with Crippen LogP contribution in [-0.4, -0.2) is 58.2 Å². The Hall–Kier alpha value is -3.09. The van der Waals surface area contributed by atoms with Crippen LogP contribution < -0.4 is 15.5 Å². The molecule has 2 unspecified atom stereocenters. The van der Waals surface area contributed by atoms with Gasteiger partial charge in [-0.1, -0.05) is 16.5 Å². The number of nitrogens with one attached hydrogen (secondary N) is 2. The zero-order valence-electron chi connectivity index (χ0n) is 17.1. The molecule has 2 bridgehead atoms. The molecule has 10 nitrogen and oxygen atoms in total. The van der Waals surface area contributed by atoms with Crippen molar-refractivity contribution in [3.05, 3.63) is 40.7 Å². The Balaban J connectivity index is 1.38. The van der Waals surface area contributed by atoms with Gasteiger partial charge in [-0.25, -0.2) is 14.2 Å². The van der Waals surface area contributed by atoms with Gasteiger partial charge in [0.1, 0.15) is 5.82 Å². The third-order valence-electron chi connectivity index (χ3n) is 5.29. The summed E-state index contributed by atoms with van der Waals surface area (Å²) in [6.07, 6.45) is -0.0301. The highest BCUT2D eigenvalue weighted by Gasteiger charge is 2.43. The topological polar surface area (TPSA) is 126 Å². The van der Waals surface area contributed by atoms with E-state index in [1.165, 1.54) is 23.5 Å². The Labute approximate surface area is 186 Å². The van der Waals surface area contributed by atoms with E-state index in [0.717, 1.165) is 10.6 Å². The largest absolute Gasteiger partial charge is 0.392 e. The van der Waals surface area contributed by atoms with E-state index in [1.54, 1.807) is 19.1 Å². The van der Waals surface area contributed by atoms with E-state index < -0.39 is 12.1 Å². The molecule has 1 aromatic carbocycles. The molecule has 0 aliphatic carbocycles. The first-order valence-electron chi connectivity index (χ1n) is 10.2. The van der Waals surface area contributed by atoms with E-state index in [0.29, 0.717) is 42.2 Å². The molecule has 2 amide bonds. The Bertz CT molecular complexity index is 1120. The van der Waals surface area contributed by atoms with Gasteiger partial charge >= 0.3 is 12.0 Å². The summed E-state index contributed by atoms with van der Waals surface area (Å²) in [5.41, 5.74) is 1.57. The van der Waals surface area contributed by atoms with Gasteiger partial charge in [0.25, 0.3) is 0 Å². The van der Waals surface area contributed by atoms with Crippen molar-refractivity contribution in [2.45, 2.75) is 31.5 Å². The van der Waals surface area contributed by atoms with Crippen molar-refractivity contribution in [3.63, 3.8) is 0 Å². The number of urea groups is 1. The number of fused-ring (bicyclic) bond motifs is 4. The maximum Gasteiger partial charge on any atom is 0.325 e. The van der Waals surface area contributed by atoms with Crippen LogP contribution in [0, 0.1) is 5.82 Å². The molecule has 0 saturated carbocycles. The van der Waals surface area contributed by atoms with Crippen molar-refractivity contribution < 1.29 is 23.6 Å². The van der Waals surface area contributed by atoms with Crippen molar-refractivity contribution >= 4 is 28.5 Å². The van der Waals surface area contributed by atoms with Gasteiger partial charge in [0.2, 0.25) is 5.82 Å². The zero-order valence-corrected chi connectivity index (χ0v) is 17.9. The normalized spacial score (nSPS) is 20.5. The number of rotatable bonds is 5. The summed E-state index contributed by atoms with van der Waals surface area (Å²) in [5, 5.41) is 19.2. The number of aliphatic hydroxyl groups excluding tert-OH is 1. The van der Waals surface area contributed by atoms with Gasteiger partial charge in [-0.3, -0.25) is 5.32 Å². The van der Waals surface area contributed by atoms with Gasteiger partial charge in [0.05, 0.1) is 42.0 Å². The SMILES string of the molecule is C[C@@H](O)CNC(=O)Nc1nc2c(s1)C1COCC(C2)N1c1nc(-c2ccc(F)cc2)no1. The van der Waals surface area contributed by atoms with Crippen LogP contribution in [0.4, 0.5) is 20.3 Å². The number of morpholine rings is 1. The number of halogens is 1. The molecular weight excluding hydrogens is 439 g/mol. The minimum Gasteiger partial charge on any atom is -0.392 e. The fourth-order valence-electron chi connectivity index (χ4n) is 3.84. The Morgan fingerprint density at radius 2 is 2.16 bits per heavy atom. The van der Waals surface area contributed by atoms with Crippen LogP contribution in [0.1, 0.15) is 23.5 Å². The van der Waals surface area contributed by atoms with Crippen molar-refractivity contribution in [1.29, 1.82) is 0 Å². The summed E-state index contributed by atoms with van der Waals surface area (Å²) in [5.74, 6) is 0.0492. The van der Waals surface area contributed by atoms with E-state index in [-0.39, 0.29) is 24.4 Å². The van der Waals surface area contributed by atoms with E-state index in [2.05, 4.69) is 25.8 Å². The van der Waals surface area contributed by atoms with Crippen LogP contribution in [0.25, 0.3) is 11.4 Å². The molecule has 32 heavy (non-hydrogen) atoms. The van der Waals surface area contributed by atoms with Crippen LogP contribution >= 0.6 is 11.3 Å². The predicted octanol–water partition coefficient (Wildman–Crippen LogP) is 2.34. The second kappa shape index (κ2) is 8.45. The van der Waals surface area contributed by atoms with Crippen molar-refractivity contribution in [2.75, 3.05) is 30.0 Å². The molecule has 2 aliphatic rings. The molecule has 4 heterocycles. The van der Waals surface area contributed by atoms with E-state index in [9.17, 15) is 14.3 Å². The number of amides is 2. The average Bonchev–Trinajstić information content (AvgIpc) is 3.39. The number of nitrogens with zero attached hydrogens (tertiary/aromatic N) is 4. The van der Waals surface area contributed by atoms with Gasteiger partial charge in [0.15, 0.2) is 5.13 Å². The minimum absolute atomic E-state index is 0.0400. The number of benzene rings is 1. The molecule has 2 aliphatic heterocycles. The number of aromatic nitrogens is 3. The van der Waals surface area contributed by atoms with Crippen molar-refractivity contribution in [1.82, 2.24) is 20.4 Å². The summed E-state index contributed by atoms with van der Waals surface area (Å²) >= 11 is 1.37. The molecule has 1 fully saturated rings. The molecule has 3 N–H and O–H groups in total. The van der Waals surface area contributed by atoms with Crippen molar-refractivity contribution in [2.24, 2.45) is 0 Å². The minimum atomic E-state index is -0.635. The van der Waals surface area contributed by atoms with Crippen LogP contribution in [0.2, 0.25) is 0 Å². The van der Waals surface area contributed by atoms with Crippen LogP contribution in [0.15, 0.2) is 28.8 Å². The molecule has 5 rings (SSSR count). The summed E-state index contributed by atoms with van der Waals surface area (Å²) < 4.78 is 24.6. The first-order chi connectivity index (χ1) is 15.5. The Kier molecular flexibility index (Phi) is 5.49. The molecule has 0 radical (unpaired) electrons. The Morgan fingerprint density at radius 1 is 1.34 bits per heavy atom. The molecule has 3 aromatic rings. The molecule has 0 spiro atoms. The number of hydrogen-bond donors (Lipinski definition) is 3. The van der Waals surface area contributed by atoms with Gasteiger partial charge < -0.3 is 24.6 Å². The number of aliphatic hydroxyl groups is 1. The van der Waals surface area contributed by atoms with Gasteiger partial charge in [-0.05, 0) is 31.2 Å². The van der Waals surface area contributed by atoms with E-state index in [4.69, 9.17) is 9.26 Å². The Morgan fingerprint density at radius 3 is 2.94 bits per heavy atom. The lowest BCUT2D eigenvalue weighted by Crippen LogP contribution is -2.51. The lowest BCUT2D eigenvalue weighted by molar-refractivity contribution is 0.0570. The number of hydrogen-bond acceptors (Lipinski definition) is 9. The summed E-state index contributed by atoms with van der Waals surface area (Å²) in [6.45, 7) is 2.65. The molecule has 168 valence electrons. The number of ether oxygens (including phenoxy) is 1. The van der Waals surface area contributed by atoms with Gasteiger partial charge in [0, 0.05) is 18.5 Å². The van der Waals surface area contributed by atoms with Crippen LogP contribution in [0.3, 0.4) is 0 Å². The fourth-order valence-corrected chi connectivity index (χ4v) is 4.92. The quantitative estimate of drug-likeness (QED) is 0.530. The second-order valence-electron chi connectivity index (χ2n) is 7.74. The lowest BCUT2D eigenvalue weighted by Gasteiger charge is -2.43. The van der Waals surface area contributed by atoms with Crippen molar-refractivity contribution in [3.8, 4) is 11.4 Å². The second-order valence-corrected chi connectivity index (χ2v) is 8.77.